The predicted octanol–water partition coefficient (Wildman–Crippen LogP) is 8.07. The fourth-order valence-electron chi connectivity index (χ4n) is 7.23. The molecule has 8 heteroatoms. The molecule has 4 aromatic rings. The number of carbonyl (C=O) groups excluding carboxylic acids is 2. The molecule has 2 fully saturated rings. The van der Waals surface area contributed by atoms with Crippen molar-refractivity contribution >= 4 is 50.6 Å². The number of hydrogen-bond acceptors (Lipinski definition) is 5. The van der Waals surface area contributed by atoms with Crippen LogP contribution in [0.1, 0.15) is 90.1 Å². The number of piperidine rings is 1. The number of nitrogens with one attached hydrogen (secondary N) is 3. The Balaban J connectivity index is 1.07. The van der Waals surface area contributed by atoms with E-state index in [1.807, 2.05) is 18.2 Å². The summed E-state index contributed by atoms with van der Waals surface area (Å²) >= 11 is 1.34. The zero-order valence-corrected chi connectivity index (χ0v) is 26.1. The zero-order valence-electron chi connectivity index (χ0n) is 25.2. The summed E-state index contributed by atoms with van der Waals surface area (Å²) in [5, 5.41) is 10.4. The lowest BCUT2D eigenvalue weighted by atomic mass is 9.83. The molecule has 0 spiro atoms. The van der Waals surface area contributed by atoms with E-state index in [1.54, 1.807) is 11.1 Å². The first-order chi connectivity index (χ1) is 21.7. The lowest BCUT2D eigenvalue weighted by Gasteiger charge is -2.30. The monoisotopic (exact) mass is 607 g/mol. The molecule has 0 bridgehead atoms. The van der Waals surface area contributed by atoms with Gasteiger partial charge in [0.05, 0.1) is 22.4 Å². The van der Waals surface area contributed by atoms with Gasteiger partial charge in [0.25, 0.3) is 5.91 Å². The van der Waals surface area contributed by atoms with Crippen LogP contribution >= 0.6 is 11.3 Å². The summed E-state index contributed by atoms with van der Waals surface area (Å²) in [6.45, 7) is 1.74. The van der Waals surface area contributed by atoms with Crippen LogP contribution in [0.15, 0.2) is 60.8 Å². The van der Waals surface area contributed by atoms with Gasteiger partial charge in [-0.15, -0.1) is 11.3 Å². The number of benzene rings is 2. The number of anilines is 3. The Bertz CT molecular complexity index is 1650. The molecule has 3 N–H and O–H groups in total. The van der Waals surface area contributed by atoms with Crippen LogP contribution in [0.25, 0.3) is 10.2 Å². The van der Waals surface area contributed by atoms with Crippen molar-refractivity contribution in [2.45, 2.75) is 82.6 Å². The number of aryl methyl sites for hydroxylation is 2. The third-order valence-electron chi connectivity index (χ3n) is 9.51. The van der Waals surface area contributed by atoms with Gasteiger partial charge in [0.1, 0.15) is 9.71 Å². The third kappa shape index (κ3) is 5.97. The molecular formula is C36H41N5O2S. The molecular weight excluding hydrogens is 566 g/mol. The van der Waals surface area contributed by atoms with Crippen molar-refractivity contribution in [3.63, 3.8) is 0 Å². The van der Waals surface area contributed by atoms with Crippen molar-refractivity contribution in [2.24, 2.45) is 0 Å². The summed E-state index contributed by atoms with van der Waals surface area (Å²) in [5.74, 6) is 0.579. The SMILES string of the molecule is O=C(N[C@@H]1CCCNC1)c1sc2nccc3c2c1NC(=O)N3c1ccccc1CCCCc1cccc(C2CCCCC2)c1. The van der Waals surface area contributed by atoms with E-state index in [0.29, 0.717) is 10.6 Å². The highest BCUT2D eigenvalue weighted by Crippen LogP contribution is 2.46. The highest BCUT2D eigenvalue weighted by Gasteiger charge is 2.34. The van der Waals surface area contributed by atoms with E-state index >= 15 is 0 Å². The Morgan fingerprint density at radius 3 is 2.68 bits per heavy atom. The average molecular weight is 608 g/mol. The molecule has 7 rings (SSSR count). The van der Waals surface area contributed by atoms with Gasteiger partial charge in [0, 0.05) is 18.8 Å². The van der Waals surface area contributed by atoms with Crippen molar-refractivity contribution in [3.8, 4) is 0 Å². The summed E-state index contributed by atoms with van der Waals surface area (Å²) < 4.78 is 0. The van der Waals surface area contributed by atoms with E-state index in [1.165, 1.54) is 54.6 Å². The van der Waals surface area contributed by atoms with Crippen molar-refractivity contribution < 1.29 is 9.59 Å². The summed E-state index contributed by atoms with van der Waals surface area (Å²) in [7, 11) is 0. The highest BCUT2D eigenvalue weighted by atomic mass is 32.1. The van der Waals surface area contributed by atoms with E-state index in [-0.39, 0.29) is 18.0 Å². The van der Waals surface area contributed by atoms with Crippen LogP contribution in [0.5, 0.6) is 0 Å². The standard InChI is InChI=1S/C36H41N5O2S/c42-34(39-28-17-9-20-37-23-28)33-32-31-30(19-21-38-35(31)44-33)41(36(43)40-32)29-18-7-6-15-26(29)14-5-4-10-24-11-8-16-27(22-24)25-12-2-1-3-13-25/h6-8,11,15-16,18-19,21-22,25,28,37H,1-5,9-10,12-14,17,20,23H2,(H,39,42)(H,40,43)/t28-/m1/s1. The van der Waals surface area contributed by atoms with Gasteiger partial charge in [-0.1, -0.05) is 61.7 Å². The summed E-state index contributed by atoms with van der Waals surface area (Å²) in [4.78, 5) is 34.7. The normalized spacial score (nSPS) is 18.8. The van der Waals surface area contributed by atoms with Gasteiger partial charge in [0.2, 0.25) is 0 Å². The number of rotatable bonds is 9. The first-order valence-corrected chi connectivity index (χ1v) is 17.2. The van der Waals surface area contributed by atoms with Crippen LogP contribution in [-0.4, -0.2) is 36.1 Å². The molecule has 2 aromatic heterocycles. The number of aromatic nitrogens is 1. The molecule has 1 saturated heterocycles. The quantitative estimate of drug-likeness (QED) is 0.168. The Hall–Kier alpha value is -3.75. The average Bonchev–Trinajstić information content (AvgIpc) is 3.44. The fraction of sp³-hybridized carbons (Fsp3) is 0.417. The molecule has 1 atom stereocenters. The maximum absolute atomic E-state index is 13.7. The number of para-hydroxylation sites is 1. The molecule has 7 nitrogen and oxygen atoms in total. The lowest BCUT2D eigenvalue weighted by Crippen LogP contribution is -2.45. The van der Waals surface area contributed by atoms with Crippen LogP contribution in [-0.2, 0) is 12.8 Å². The van der Waals surface area contributed by atoms with Gasteiger partial charge < -0.3 is 16.0 Å². The number of amides is 3. The third-order valence-corrected chi connectivity index (χ3v) is 10.6. The number of thiophene rings is 1. The van der Waals surface area contributed by atoms with Gasteiger partial charge in [-0.25, -0.2) is 9.78 Å². The minimum Gasteiger partial charge on any atom is -0.347 e. The second kappa shape index (κ2) is 13.1. The molecule has 3 amide bonds. The molecule has 0 radical (unpaired) electrons. The molecule has 0 unspecified atom stereocenters. The van der Waals surface area contributed by atoms with Gasteiger partial charge in [-0.05, 0) is 92.7 Å². The van der Waals surface area contributed by atoms with E-state index in [4.69, 9.17) is 0 Å². The zero-order chi connectivity index (χ0) is 29.9. The van der Waals surface area contributed by atoms with Crippen molar-refractivity contribution in [1.82, 2.24) is 15.6 Å². The van der Waals surface area contributed by atoms with E-state index in [2.05, 4.69) is 57.3 Å². The molecule has 4 heterocycles. The van der Waals surface area contributed by atoms with Gasteiger partial charge in [-0.2, -0.15) is 0 Å². The topological polar surface area (TPSA) is 86.4 Å². The second-order valence-corrected chi connectivity index (χ2v) is 13.5. The molecule has 1 saturated carbocycles. The predicted molar refractivity (Wildman–Crippen MR) is 179 cm³/mol. The molecule has 228 valence electrons. The number of pyridine rings is 1. The number of carbonyl (C=O) groups is 2. The molecule has 3 aliphatic rings. The summed E-state index contributed by atoms with van der Waals surface area (Å²) in [6.07, 6.45) is 14.6. The summed E-state index contributed by atoms with van der Waals surface area (Å²) in [6, 6.07) is 19.2. The van der Waals surface area contributed by atoms with Crippen molar-refractivity contribution in [3.05, 3.63) is 82.4 Å². The van der Waals surface area contributed by atoms with Crippen LogP contribution in [0.3, 0.4) is 0 Å². The van der Waals surface area contributed by atoms with Gasteiger partial charge in [0.15, 0.2) is 0 Å². The molecule has 2 aromatic carbocycles. The smallest absolute Gasteiger partial charge is 0.331 e. The van der Waals surface area contributed by atoms with E-state index in [0.717, 1.165) is 84.7 Å². The first-order valence-electron chi connectivity index (χ1n) is 16.4. The van der Waals surface area contributed by atoms with E-state index in [9.17, 15) is 9.59 Å². The number of nitrogens with zero attached hydrogens (tertiary/aromatic N) is 2. The van der Waals surface area contributed by atoms with E-state index < -0.39 is 0 Å². The Morgan fingerprint density at radius 2 is 1.82 bits per heavy atom. The lowest BCUT2D eigenvalue weighted by molar-refractivity contribution is 0.0935. The fourth-order valence-corrected chi connectivity index (χ4v) is 8.26. The number of urea groups is 1. The minimum atomic E-state index is -0.247. The van der Waals surface area contributed by atoms with Crippen molar-refractivity contribution in [1.29, 1.82) is 0 Å². The second-order valence-electron chi connectivity index (χ2n) is 12.5. The summed E-state index contributed by atoms with van der Waals surface area (Å²) in [5.41, 5.74) is 6.32. The van der Waals surface area contributed by atoms with Crippen molar-refractivity contribution in [2.75, 3.05) is 23.3 Å². The molecule has 2 aliphatic heterocycles. The maximum Gasteiger partial charge on any atom is 0.331 e. The Morgan fingerprint density at radius 1 is 0.955 bits per heavy atom. The van der Waals surface area contributed by atoms with Crippen LogP contribution in [0.2, 0.25) is 0 Å². The van der Waals surface area contributed by atoms with Crippen LogP contribution < -0.4 is 20.9 Å². The number of hydrogen-bond donors (Lipinski definition) is 3. The molecule has 44 heavy (non-hydrogen) atoms. The number of unbranched alkanes of at least 4 members (excludes halogenated alkanes) is 1. The van der Waals surface area contributed by atoms with Gasteiger partial charge >= 0.3 is 6.03 Å². The minimum absolute atomic E-state index is 0.0876. The van der Waals surface area contributed by atoms with Crippen LogP contribution in [0, 0.1) is 0 Å². The Kier molecular flexibility index (Phi) is 8.62. The highest BCUT2D eigenvalue weighted by molar-refractivity contribution is 7.21. The largest absolute Gasteiger partial charge is 0.347 e. The Labute approximate surface area is 263 Å². The first kappa shape index (κ1) is 29.0. The molecule has 1 aliphatic carbocycles. The van der Waals surface area contributed by atoms with Gasteiger partial charge in [-0.3, -0.25) is 9.69 Å². The maximum atomic E-state index is 13.7. The van der Waals surface area contributed by atoms with Crippen LogP contribution in [0.4, 0.5) is 21.9 Å².